The van der Waals surface area contributed by atoms with Crippen LogP contribution in [0.2, 0.25) is 0 Å². The van der Waals surface area contributed by atoms with Crippen LogP contribution in [0.4, 0.5) is 0 Å². The van der Waals surface area contributed by atoms with Gasteiger partial charge in [0.2, 0.25) is 5.91 Å². The molecule has 7 heteroatoms. The molecule has 150 valence electrons. The molecule has 0 radical (unpaired) electrons. The Bertz CT molecular complexity index is 1080. The van der Waals surface area contributed by atoms with Crippen molar-refractivity contribution in [2.24, 2.45) is 0 Å². The maximum atomic E-state index is 13.1. The van der Waals surface area contributed by atoms with Crippen LogP contribution in [0.15, 0.2) is 59.0 Å². The van der Waals surface area contributed by atoms with E-state index in [-0.39, 0.29) is 11.5 Å². The second kappa shape index (κ2) is 8.97. The van der Waals surface area contributed by atoms with Crippen LogP contribution < -0.4 is 5.56 Å². The van der Waals surface area contributed by atoms with Gasteiger partial charge in [-0.25, -0.2) is 4.98 Å². The minimum absolute atomic E-state index is 0.0822. The number of thioether (sulfide) groups is 1. The number of allylic oxidation sites excluding steroid dienone is 1. The maximum absolute atomic E-state index is 13.1. The molecule has 1 aromatic carbocycles. The molecule has 1 aliphatic heterocycles. The third-order valence-corrected chi connectivity index (χ3v) is 7.06. The van der Waals surface area contributed by atoms with Gasteiger partial charge in [0.25, 0.3) is 5.56 Å². The Morgan fingerprint density at radius 1 is 1.21 bits per heavy atom. The number of thiophene rings is 1. The molecule has 2 aromatic heterocycles. The van der Waals surface area contributed by atoms with E-state index in [0.717, 1.165) is 36.4 Å². The molecule has 0 saturated carbocycles. The van der Waals surface area contributed by atoms with Gasteiger partial charge in [-0.2, -0.15) is 0 Å². The first kappa shape index (κ1) is 19.9. The Morgan fingerprint density at radius 2 is 1.97 bits per heavy atom. The van der Waals surface area contributed by atoms with E-state index >= 15 is 0 Å². The topological polar surface area (TPSA) is 55.2 Å². The molecule has 29 heavy (non-hydrogen) atoms. The van der Waals surface area contributed by atoms with Crippen LogP contribution in [-0.2, 0) is 11.3 Å². The summed E-state index contributed by atoms with van der Waals surface area (Å²) >= 11 is 2.85. The summed E-state index contributed by atoms with van der Waals surface area (Å²) in [6, 6.07) is 11.9. The van der Waals surface area contributed by atoms with Gasteiger partial charge in [0.1, 0.15) is 4.83 Å². The average Bonchev–Trinajstić information content (AvgIpc) is 3.20. The van der Waals surface area contributed by atoms with Gasteiger partial charge in [-0.3, -0.25) is 14.2 Å². The highest BCUT2D eigenvalue weighted by Gasteiger charge is 2.19. The molecule has 0 aliphatic carbocycles. The molecule has 0 spiro atoms. The first-order valence-corrected chi connectivity index (χ1v) is 11.6. The number of carbonyl (C=O) groups is 1. The Labute approximate surface area is 178 Å². The molecule has 0 N–H and O–H groups in total. The Kier molecular flexibility index (Phi) is 6.16. The summed E-state index contributed by atoms with van der Waals surface area (Å²) in [4.78, 5) is 34.0. The summed E-state index contributed by atoms with van der Waals surface area (Å²) in [6.45, 7) is 5.80. The van der Waals surface area contributed by atoms with Crippen molar-refractivity contribution in [2.45, 2.75) is 31.0 Å². The predicted molar refractivity (Wildman–Crippen MR) is 121 cm³/mol. The number of fused-ring (bicyclic) bond motifs is 1. The fourth-order valence-electron chi connectivity index (χ4n) is 3.50. The molecule has 0 atom stereocenters. The quantitative estimate of drug-likeness (QED) is 0.333. The summed E-state index contributed by atoms with van der Waals surface area (Å²) in [5.41, 5.74) is 0.987. The number of benzene rings is 1. The summed E-state index contributed by atoms with van der Waals surface area (Å²) in [5.74, 6) is 0.414. The van der Waals surface area contributed by atoms with Gasteiger partial charge in [0.15, 0.2) is 5.16 Å². The molecule has 3 heterocycles. The van der Waals surface area contributed by atoms with E-state index in [1.54, 1.807) is 10.6 Å². The summed E-state index contributed by atoms with van der Waals surface area (Å²) < 4.78 is 1.62. The van der Waals surface area contributed by atoms with Gasteiger partial charge in [-0.15, -0.1) is 17.9 Å². The van der Waals surface area contributed by atoms with Crippen LogP contribution >= 0.6 is 23.1 Å². The van der Waals surface area contributed by atoms with Gasteiger partial charge in [-0.1, -0.05) is 48.2 Å². The average molecular weight is 426 g/mol. The third kappa shape index (κ3) is 4.31. The summed E-state index contributed by atoms with van der Waals surface area (Å²) in [5, 5.41) is 1.19. The number of carbonyl (C=O) groups excluding carboxylic acids is 1. The second-order valence-electron chi connectivity index (χ2n) is 7.02. The van der Waals surface area contributed by atoms with Gasteiger partial charge in [0.05, 0.1) is 11.1 Å². The highest BCUT2D eigenvalue weighted by Crippen LogP contribution is 2.32. The molecule has 1 amide bonds. The van der Waals surface area contributed by atoms with E-state index < -0.39 is 0 Å². The highest BCUT2D eigenvalue weighted by molar-refractivity contribution is 7.99. The van der Waals surface area contributed by atoms with Crippen LogP contribution in [0, 0.1) is 0 Å². The predicted octanol–water partition coefficient (Wildman–Crippen LogP) is 4.42. The lowest BCUT2D eigenvalue weighted by Gasteiger charge is -2.26. The monoisotopic (exact) mass is 425 g/mol. The molecule has 5 nitrogen and oxygen atoms in total. The SMILES string of the molecule is C=CCn1c(SCC(=O)N2CCCCC2)nc2sc(-c3ccccc3)cc2c1=O. The van der Waals surface area contributed by atoms with Gasteiger partial charge in [-0.05, 0) is 30.9 Å². The van der Waals surface area contributed by atoms with Crippen LogP contribution in [0.1, 0.15) is 19.3 Å². The van der Waals surface area contributed by atoms with Crippen molar-refractivity contribution in [1.82, 2.24) is 14.5 Å². The summed E-state index contributed by atoms with van der Waals surface area (Å²) in [6.07, 6.45) is 5.02. The van der Waals surface area contributed by atoms with E-state index in [0.29, 0.717) is 27.7 Å². The van der Waals surface area contributed by atoms with Crippen LogP contribution in [-0.4, -0.2) is 39.2 Å². The van der Waals surface area contributed by atoms with E-state index in [2.05, 4.69) is 6.58 Å². The van der Waals surface area contributed by atoms with Crippen LogP contribution in [0.5, 0.6) is 0 Å². The number of likely N-dealkylation sites (tertiary alicyclic amines) is 1. The minimum atomic E-state index is -0.0822. The lowest BCUT2D eigenvalue weighted by molar-refractivity contribution is -0.129. The van der Waals surface area contributed by atoms with E-state index in [4.69, 9.17) is 4.98 Å². The van der Waals surface area contributed by atoms with Crippen molar-refractivity contribution in [3.63, 3.8) is 0 Å². The lowest BCUT2D eigenvalue weighted by Crippen LogP contribution is -2.36. The van der Waals surface area contributed by atoms with Crippen molar-refractivity contribution in [1.29, 1.82) is 0 Å². The molecular weight excluding hydrogens is 402 g/mol. The fourth-order valence-corrected chi connectivity index (χ4v) is 5.49. The molecule has 0 unspecified atom stereocenters. The number of nitrogens with zero attached hydrogens (tertiary/aromatic N) is 3. The molecule has 4 rings (SSSR count). The Hall–Kier alpha value is -2.38. The van der Waals surface area contributed by atoms with Gasteiger partial charge in [0, 0.05) is 24.5 Å². The second-order valence-corrected chi connectivity index (χ2v) is 9.00. The van der Waals surface area contributed by atoms with Gasteiger partial charge < -0.3 is 4.90 Å². The van der Waals surface area contributed by atoms with Crippen LogP contribution in [0.25, 0.3) is 20.7 Å². The maximum Gasteiger partial charge on any atom is 0.263 e. The molecule has 1 saturated heterocycles. The van der Waals surface area contributed by atoms with Crippen molar-refractivity contribution in [3.8, 4) is 10.4 Å². The number of rotatable bonds is 6. The number of hydrogen-bond donors (Lipinski definition) is 0. The zero-order valence-electron chi connectivity index (χ0n) is 16.2. The van der Waals surface area contributed by atoms with Crippen molar-refractivity contribution >= 4 is 39.2 Å². The first-order chi connectivity index (χ1) is 14.2. The zero-order chi connectivity index (χ0) is 20.2. The number of aromatic nitrogens is 2. The number of hydrogen-bond acceptors (Lipinski definition) is 5. The van der Waals surface area contributed by atoms with Crippen LogP contribution in [0.3, 0.4) is 0 Å². The highest BCUT2D eigenvalue weighted by atomic mass is 32.2. The van der Waals surface area contributed by atoms with Crippen molar-refractivity contribution < 1.29 is 4.79 Å². The molecule has 3 aromatic rings. The lowest BCUT2D eigenvalue weighted by atomic mass is 10.1. The standard InChI is InChI=1S/C22H23N3O2S2/c1-2-11-25-21(27)17-14-18(16-9-5-3-6-10-16)29-20(17)23-22(25)28-15-19(26)24-12-7-4-8-13-24/h2-3,5-6,9-10,14H,1,4,7-8,11-13,15H2. The smallest absolute Gasteiger partial charge is 0.263 e. The van der Waals surface area contributed by atoms with E-state index in [9.17, 15) is 9.59 Å². The van der Waals surface area contributed by atoms with Crippen molar-refractivity contribution in [3.05, 3.63) is 59.4 Å². The normalized spacial score (nSPS) is 14.3. The van der Waals surface area contributed by atoms with Gasteiger partial charge >= 0.3 is 0 Å². The Balaban J connectivity index is 1.65. The first-order valence-electron chi connectivity index (χ1n) is 9.78. The third-order valence-electron chi connectivity index (χ3n) is 5.02. The minimum Gasteiger partial charge on any atom is -0.342 e. The zero-order valence-corrected chi connectivity index (χ0v) is 17.8. The number of piperidine rings is 1. The largest absolute Gasteiger partial charge is 0.342 e. The van der Waals surface area contributed by atoms with E-state index in [1.807, 2.05) is 41.3 Å². The molecule has 1 fully saturated rings. The number of amides is 1. The van der Waals surface area contributed by atoms with E-state index in [1.165, 1.54) is 29.5 Å². The Morgan fingerprint density at radius 3 is 2.69 bits per heavy atom. The molecular formula is C22H23N3O2S2. The van der Waals surface area contributed by atoms with Crippen molar-refractivity contribution in [2.75, 3.05) is 18.8 Å². The molecule has 1 aliphatic rings. The fraction of sp³-hybridized carbons (Fsp3) is 0.318. The molecule has 0 bridgehead atoms. The summed E-state index contributed by atoms with van der Waals surface area (Å²) in [7, 11) is 0.